The zero-order valence-corrected chi connectivity index (χ0v) is 32.6. The summed E-state index contributed by atoms with van der Waals surface area (Å²) in [6.45, 7) is -2.02. The van der Waals surface area contributed by atoms with Gasteiger partial charge in [0.25, 0.3) is 0 Å². The van der Waals surface area contributed by atoms with Gasteiger partial charge in [0, 0.05) is 37.6 Å². The third kappa shape index (κ3) is 6.24. The minimum Gasteiger partial charge on any atom is -0.394 e. The van der Waals surface area contributed by atoms with E-state index < -0.39 is 71.7 Å². The fourth-order valence-electron chi connectivity index (χ4n) is 10.3. The molecular weight excluding hydrogens is 783 g/mol. The highest BCUT2D eigenvalue weighted by molar-refractivity contribution is 6.34. The lowest BCUT2D eigenvalue weighted by molar-refractivity contribution is -0.166. The minimum absolute atomic E-state index is 0.136. The van der Waals surface area contributed by atoms with Crippen LogP contribution in [0.4, 0.5) is 14.5 Å². The molecule has 1 saturated carbocycles. The SMILES string of the molecule is O=C(NC1CC[C@@H](CO)OC1)[C@H]1[C@H](c2cc(Cl)cc(Cl)c2)C2(C(=O)Nc3cc(Cl)ccc32)C2(CC(CF)(CF)C2)N1[C@H](c1ccccc1)[C@@H](O)c1ccccc1. The predicted molar refractivity (Wildman–Crippen MR) is 212 cm³/mol. The molecule has 3 fully saturated rings. The van der Waals surface area contributed by atoms with Crippen LogP contribution in [-0.2, 0) is 19.7 Å². The summed E-state index contributed by atoms with van der Waals surface area (Å²) in [6.07, 6.45) is -0.955. The highest BCUT2D eigenvalue weighted by Gasteiger charge is 2.81. The van der Waals surface area contributed by atoms with Gasteiger partial charge in [0.2, 0.25) is 11.8 Å². The van der Waals surface area contributed by atoms with E-state index >= 15 is 18.4 Å². The van der Waals surface area contributed by atoms with Crippen molar-refractivity contribution in [3.63, 3.8) is 0 Å². The normalized spacial score (nSPS) is 27.4. The van der Waals surface area contributed by atoms with Gasteiger partial charge in [-0.1, -0.05) is 102 Å². The number of fused-ring (bicyclic) bond motifs is 3. The number of hydrogen-bond acceptors (Lipinski definition) is 6. The summed E-state index contributed by atoms with van der Waals surface area (Å²) in [5.74, 6) is -2.02. The molecule has 2 unspecified atom stereocenters. The van der Waals surface area contributed by atoms with Crippen molar-refractivity contribution in [2.24, 2.45) is 5.41 Å². The van der Waals surface area contributed by atoms with Crippen molar-refractivity contribution in [3.05, 3.63) is 134 Å². The first kappa shape index (κ1) is 39.2. The van der Waals surface area contributed by atoms with Crippen LogP contribution in [0.2, 0.25) is 15.1 Å². The van der Waals surface area contributed by atoms with E-state index in [0.717, 1.165) is 0 Å². The molecule has 8 nitrogen and oxygen atoms in total. The molecule has 56 heavy (non-hydrogen) atoms. The van der Waals surface area contributed by atoms with Gasteiger partial charge in [0.15, 0.2) is 0 Å². The zero-order valence-electron chi connectivity index (χ0n) is 30.3. The first-order chi connectivity index (χ1) is 27.0. The Labute approximate surface area is 339 Å². The van der Waals surface area contributed by atoms with Crippen LogP contribution in [0.25, 0.3) is 0 Å². The molecule has 2 saturated heterocycles. The van der Waals surface area contributed by atoms with Crippen molar-refractivity contribution in [1.82, 2.24) is 10.2 Å². The van der Waals surface area contributed by atoms with Gasteiger partial charge in [0.1, 0.15) is 5.41 Å². The van der Waals surface area contributed by atoms with E-state index in [-0.39, 0.29) is 42.2 Å². The molecule has 13 heteroatoms. The van der Waals surface area contributed by atoms with E-state index in [0.29, 0.717) is 45.8 Å². The summed E-state index contributed by atoms with van der Waals surface area (Å²) < 4.78 is 36.5. The average Bonchev–Trinajstić information content (AvgIpc) is 3.63. The second-order valence-corrected chi connectivity index (χ2v) is 17.1. The van der Waals surface area contributed by atoms with Crippen LogP contribution in [0.3, 0.4) is 0 Å². The molecule has 0 bridgehead atoms. The largest absolute Gasteiger partial charge is 0.394 e. The van der Waals surface area contributed by atoms with E-state index in [4.69, 9.17) is 39.5 Å². The summed E-state index contributed by atoms with van der Waals surface area (Å²) in [6, 6.07) is 25.4. The van der Waals surface area contributed by atoms with Gasteiger partial charge >= 0.3 is 0 Å². The first-order valence-electron chi connectivity index (χ1n) is 18.8. The summed E-state index contributed by atoms with van der Waals surface area (Å²) in [5.41, 5.74) is -2.09. The van der Waals surface area contributed by atoms with Gasteiger partial charge in [0.05, 0.1) is 56.9 Å². The van der Waals surface area contributed by atoms with E-state index in [2.05, 4.69) is 10.6 Å². The summed E-state index contributed by atoms with van der Waals surface area (Å²) >= 11 is 20.0. The van der Waals surface area contributed by atoms with E-state index in [1.54, 1.807) is 60.7 Å². The quantitative estimate of drug-likeness (QED) is 0.130. The number of anilines is 1. The first-order valence-corrected chi connectivity index (χ1v) is 19.9. The maximum absolute atomic E-state index is 15.6. The standard InChI is InChI=1S/C43H42Cl3F2N3O5/c44-28-11-14-33-34(18-28)50-40(55)43(33)35(27-15-29(45)17-30(46)16-27)37(39(54)49-31-12-13-32(19-52)56-20-31)51(42(43)21-41(22-42,23-47)24-48)36(25-7-3-1-4-8-25)38(53)26-9-5-2-6-10-26/h1-11,14-18,31-32,35-38,52-53H,12-13,19-24H2,(H,49,54)(H,50,55)/t31?,32-,35-,36+,37+,38-,43?/m0/s1. The zero-order chi connectivity index (χ0) is 39.4. The Bertz CT molecular complexity index is 2070. The number of rotatable bonds is 10. The molecule has 4 aromatic rings. The topological polar surface area (TPSA) is 111 Å². The molecule has 3 heterocycles. The number of halogens is 5. The molecule has 8 rings (SSSR count). The number of amides is 2. The van der Waals surface area contributed by atoms with Crippen LogP contribution in [0, 0.1) is 5.41 Å². The Hall–Kier alpha value is -3.61. The maximum Gasteiger partial charge on any atom is 0.238 e. The molecule has 4 aromatic carbocycles. The summed E-state index contributed by atoms with van der Waals surface area (Å²) in [4.78, 5) is 32.9. The minimum atomic E-state index is -1.69. The number of aliphatic hydroxyl groups excluding tert-OH is 2. The van der Waals surface area contributed by atoms with Gasteiger partial charge in [-0.2, -0.15) is 0 Å². The molecule has 1 aliphatic carbocycles. The number of carbonyl (C=O) groups excluding carboxylic acids is 2. The monoisotopic (exact) mass is 823 g/mol. The van der Waals surface area contributed by atoms with E-state index in [1.165, 1.54) is 0 Å². The molecule has 3 aliphatic heterocycles. The molecule has 0 radical (unpaired) electrons. The van der Waals surface area contributed by atoms with Gasteiger partial charge in [-0.3, -0.25) is 23.3 Å². The van der Waals surface area contributed by atoms with Crippen LogP contribution >= 0.6 is 34.8 Å². The Kier molecular flexibility index (Phi) is 10.7. The van der Waals surface area contributed by atoms with Crippen LogP contribution < -0.4 is 10.6 Å². The van der Waals surface area contributed by atoms with Gasteiger partial charge in [-0.15, -0.1) is 0 Å². The van der Waals surface area contributed by atoms with Gasteiger partial charge in [-0.25, -0.2) is 0 Å². The van der Waals surface area contributed by atoms with Gasteiger partial charge in [-0.05, 0) is 78.3 Å². The van der Waals surface area contributed by atoms with Crippen molar-refractivity contribution in [2.45, 2.75) is 72.9 Å². The average molecular weight is 825 g/mol. The van der Waals surface area contributed by atoms with Crippen LogP contribution in [0.15, 0.2) is 97.1 Å². The number of aliphatic hydroxyl groups is 2. The number of nitrogens with one attached hydrogen (secondary N) is 2. The van der Waals surface area contributed by atoms with Crippen molar-refractivity contribution in [3.8, 4) is 0 Å². The predicted octanol–water partition coefficient (Wildman–Crippen LogP) is 7.89. The van der Waals surface area contributed by atoms with Crippen molar-refractivity contribution < 1.29 is 33.3 Å². The van der Waals surface area contributed by atoms with E-state index in [1.807, 2.05) is 41.3 Å². The maximum atomic E-state index is 15.6. The molecule has 294 valence electrons. The Morgan fingerprint density at radius 3 is 2.12 bits per heavy atom. The smallest absolute Gasteiger partial charge is 0.238 e. The summed E-state index contributed by atoms with van der Waals surface area (Å²) in [7, 11) is 0. The second-order valence-electron chi connectivity index (χ2n) is 15.8. The van der Waals surface area contributed by atoms with Crippen molar-refractivity contribution in [1.29, 1.82) is 0 Å². The number of carbonyl (C=O) groups is 2. The lowest BCUT2D eigenvalue weighted by Gasteiger charge is -2.63. The van der Waals surface area contributed by atoms with E-state index in [9.17, 15) is 10.2 Å². The summed E-state index contributed by atoms with van der Waals surface area (Å²) in [5, 5.41) is 29.6. The van der Waals surface area contributed by atoms with Crippen LogP contribution in [0.1, 0.15) is 66.0 Å². The van der Waals surface area contributed by atoms with Crippen molar-refractivity contribution >= 4 is 52.3 Å². The second kappa shape index (κ2) is 15.3. The number of nitrogens with zero attached hydrogens (tertiary/aromatic N) is 1. The molecule has 0 aromatic heterocycles. The third-order valence-electron chi connectivity index (χ3n) is 12.5. The number of alkyl halides is 2. The molecule has 4 aliphatic rings. The van der Waals surface area contributed by atoms with Gasteiger partial charge < -0.3 is 25.6 Å². The lowest BCUT2D eigenvalue weighted by Crippen LogP contribution is -2.72. The fourth-order valence-corrected chi connectivity index (χ4v) is 11.1. The number of likely N-dealkylation sites (tertiary alicyclic amines) is 1. The highest BCUT2D eigenvalue weighted by atomic mass is 35.5. The Morgan fingerprint density at radius 2 is 1.54 bits per heavy atom. The number of benzene rings is 4. The van der Waals surface area contributed by atoms with Crippen LogP contribution in [-0.4, -0.2) is 77.2 Å². The number of ether oxygens (including phenoxy) is 1. The lowest BCUT2D eigenvalue weighted by atomic mass is 9.45. The highest BCUT2D eigenvalue weighted by Crippen LogP contribution is 2.74. The van der Waals surface area contributed by atoms with Crippen LogP contribution in [0.5, 0.6) is 0 Å². The Balaban J connectivity index is 1.45. The fraction of sp³-hybridized carbons (Fsp3) is 0.395. The number of hydrogen-bond donors (Lipinski definition) is 4. The molecule has 2 amide bonds. The molecule has 4 N–H and O–H groups in total. The molecular formula is C43H42Cl3F2N3O5. The van der Waals surface area contributed by atoms with Crippen molar-refractivity contribution in [2.75, 3.05) is 31.9 Å². The third-order valence-corrected chi connectivity index (χ3v) is 13.2. The Morgan fingerprint density at radius 1 is 0.893 bits per heavy atom. The molecule has 2 spiro atoms. The molecule has 7 atom stereocenters.